The molecule has 0 amide bonds. The molecule has 0 unspecified atom stereocenters. The molecule has 0 bridgehead atoms. The summed E-state index contributed by atoms with van der Waals surface area (Å²) in [6, 6.07) is 15.2. The van der Waals surface area contributed by atoms with Crippen LogP contribution < -0.4 is 4.74 Å². The van der Waals surface area contributed by atoms with Gasteiger partial charge in [0.05, 0.1) is 34.5 Å². The van der Waals surface area contributed by atoms with E-state index >= 15 is 0 Å². The third-order valence-electron chi connectivity index (χ3n) is 4.41. The standard InChI is InChI=1S/C23H20Cl2FNO3S/c24-18-2-1-3-19(25)23(18)31-14-17-8-10-21(20(27-17)9-11-22(28)29)30-13-12-15-4-6-16(26)7-5-15/h1-8,10H,9,11-14H2,(H,28,29). The second kappa shape index (κ2) is 11.4. The number of aliphatic carboxylic acids is 1. The molecule has 1 aromatic heterocycles. The molecule has 3 aromatic rings. The fourth-order valence-electron chi connectivity index (χ4n) is 2.85. The van der Waals surface area contributed by atoms with Crippen molar-refractivity contribution in [2.75, 3.05) is 6.61 Å². The van der Waals surface area contributed by atoms with Crippen LogP contribution in [0.2, 0.25) is 10.0 Å². The van der Waals surface area contributed by atoms with Gasteiger partial charge >= 0.3 is 5.97 Å². The molecule has 0 saturated carbocycles. The summed E-state index contributed by atoms with van der Waals surface area (Å²) < 4.78 is 18.9. The Balaban J connectivity index is 1.68. The van der Waals surface area contributed by atoms with Crippen LogP contribution in [0.25, 0.3) is 0 Å². The molecule has 0 aliphatic heterocycles. The number of hydrogen-bond donors (Lipinski definition) is 1. The highest BCUT2D eigenvalue weighted by Gasteiger charge is 2.12. The van der Waals surface area contributed by atoms with E-state index in [2.05, 4.69) is 4.98 Å². The minimum atomic E-state index is -0.901. The summed E-state index contributed by atoms with van der Waals surface area (Å²) in [5.41, 5.74) is 2.31. The molecule has 162 valence electrons. The summed E-state index contributed by atoms with van der Waals surface area (Å²) in [5, 5.41) is 10.2. The molecule has 0 aliphatic rings. The molecule has 0 saturated heterocycles. The van der Waals surface area contributed by atoms with Gasteiger partial charge in [-0.15, -0.1) is 11.8 Å². The first-order chi connectivity index (χ1) is 14.9. The number of hydrogen-bond acceptors (Lipinski definition) is 4. The number of thioether (sulfide) groups is 1. The smallest absolute Gasteiger partial charge is 0.303 e. The van der Waals surface area contributed by atoms with Gasteiger partial charge in [-0.1, -0.05) is 41.4 Å². The van der Waals surface area contributed by atoms with Crippen molar-refractivity contribution < 1.29 is 19.0 Å². The minimum Gasteiger partial charge on any atom is -0.491 e. The third-order valence-corrected chi connectivity index (χ3v) is 6.43. The first kappa shape index (κ1) is 23.4. The van der Waals surface area contributed by atoms with Crippen LogP contribution in [0, 0.1) is 5.82 Å². The van der Waals surface area contributed by atoms with Gasteiger partial charge in [-0.05, 0) is 42.0 Å². The Labute approximate surface area is 194 Å². The Morgan fingerprint density at radius 1 is 1.03 bits per heavy atom. The first-order valence-electron chi connectivity index (χ1n) is 9.57. The van der Waals surface area contributed by atoms with Gasteiger partial charge in [-0.25, -0.2) is 4.39 Å². The van der Waals surface area contributed by atoms with E-state index in [1.165, 1.54) is 23.9 Å². The van der Waals surface area contributed by atoms with Gasteiger partial charge in [0.25, 0.3) is 0 Å². The van der Waals surface area contributed by atoms with Crippen molar-refractivity contribution >= 4 is 40.9 Å². The summed E-state index contributed by atoms with van der Waals surface area (Å²) in [6.45, 7) is 0.372. The van der Waals surface area contributed by atoms with Crippen LogP contribution in [0.5, 0.6) is 5.75 Å². The van der Waals surface area contributed by atoms with Gasteiger partial charge in [0, 0.05) is 23.5 Å². The number of ether oxygens (including phenoxy) is 1. The number of carboxylic acids is 1. The summed E-state index contributed by atoms with van der Waals surface area (Å²) in [7, 11) is 0. The van der Waals surface area contributed by atoms with E-state index < -0.39 is 5.97 Å². The van der Waals surface area contributed by atoms with Crippen LogP contribution in [0.4, 0.5) is 4.39 Å². The molecule has 2 aromatic carbocycles. The maximum Gasteiger partial charge on any atom is 0.303 e. The Morgan fingerprint density at radius 2 is 1.74 bits per heavy atom. The lowest BCUT2D eigenvalue weighted by atomic mass is 10.1. The zero-order valence-electron chi connectivity index (χ0n) is 16.5. The molecular weight excluding hydrogens is 460 g/mol. The number of aryl methyl sites for hydroxylation is 1. The zero-order chi connectivity index (χ0) is 22.2. The average Bonchev–Trinajstić information content (AvgIpc) is 2.74. The van der Waals surface area contributed by atoms with Crippen LogP contribution in [-0.2, 0) is 23.4 Å². The Bertz CT molecular complexity index is 1030. The summed E-state index contributed by atoms with van der Waals surface area (Å²) >= 11 is 13.9. The van der Waals surface area contributed by atoms with Crippen molar-refractivity contribution in [1.29, 1.82) is 0 Å². The summed E-state index contributed by atoms with van der Waals surface area (Å²) in [6.07, 6.45) is 0.808. The topological polar surface area (TPSA) is 59.4 Å². The maximum absolute atomic E-state index is 13.0. The van der Waals surface area contributed by atoms with Crippen molar-refractivity contribution in [2.45, 2.75) is 29.9 Å². The van der Waals surface area contributed by atoms with Gasteiger partial charge < -0.3 is 9.84 Å². The average molecular weight is 480 g/mol. The molecule has 1 N–H and O–H groups in total. The summed E-state index contributed by atoms with van der Waals surface area (Å²) in [5.74, 6) is -0.106. The number of carbonyl (C=O) groups is 1. The number of pyridine rings is 1. The lowest BCUT2D eigenvalue weighted by Gasteiger charge is -2.13. The van der Waals surface area contributed by atoms with Crippen LogP contribution in [-0.4, -0.2) is 22.7 Å². The van der Waals surface area contributed by atoms with Crippen LogP contribution >= 0.6 is 35.0 Å². The lowest BCUT2D eigenvalue weighted by molar-refractivity contribution is -0.136. The SMILES string of the molecule is O=C(O)CCc1nc(CSc2c(Cl)cccc2Cl)ccc1OCCc1ccc(F)cc1. The highest BCUT2D eigenvalue weighted by molar-refractivity contribution is 7.98. The Hall–Kier alpha value is -2.28. The molecule has 0 atom stereocenters. The maximum atomic E-state index is 13.0. The number of nitrogens with zero attached hydrogens (tertiary/aromatic N) is 1. The van der Waals surface area contributed by atoms with E-state index in [0.717, 1.165) is 16.2 Å². The number of benzene rings is 2. The van der Waals surface area contributed by atoms with E-state index in [1.807, 2.05) is 6.07 Å². The lowest BCUT2D eigenvalue weighted by Crippen LogP contribution is -2.07. The van der Waals surface area contributed by atoms with Gasteiger partial charge in [0.1, 0.15) is 11.6 Å². The largest absolute Gasteiger partial charge is 0.491 e. The van der Waals surface area contributed by atoms with Gasteiger partial charge in [0.2, 0.25) is 0 Å². The van der Waals surface area contributed by atoms with E-state index in [0.29, 0.717) is 40.3 Å². The normalized spacial score (nSPS) is 10.8. The molecule has 0 aliphatic carbocycles. The first-order valence-corrected chi connectivity index (χ1v) is 11.3. The van der Waals surface area contributed by atoms with Crippen LogP contribution in [0.15, 0.2) is 59.5 Å². The monoisotopic (exact) mass is 479 g/mol. The quantitative estimate of drug-likeness (QED) is 0.338. The number of halogens is 3. The van der Waals surface area contributed by atoms with Gasteiger partial charge in [0.15, 0.2) is 0 Å². The van der Waals surface area contributed by atoms with Gasteiger partial charge in [-0.2, -0.15) is 0 Å². The summed E-state index contributed by atoms with van der Waals surface area (Å²) in [4.78, 5) is 16.4. The number of rotatable bonds is 10. The molecule has 8 heteroatoms. The third kappa shape index (κ3) is 7.13. The van der Waals surface area contributed by atoms with Crippen molar-refractivity contribution in [1.82, 2.24) is 4.98 Å². The highest BCUT2D eigenvalue weighted by Crippen LogP contribution is 2.35. The van der Waals surface area contributed by atoms with E-state index in [1.54, 1.807) is 36.4 Å². The molecule has 3 rings (SSSR count). The highest BCUT2D eigenvalue weighted by atomic mass is 35.5. The van der Waals surface area contributed by atoms with E-state index in [4.69, 9.17) is 33.0 Å². The molecule has 0 fully saturated rings. The Morgan fingerprint density at radius 3 is 2.42 bits per heavy atom. The van der Waals surface area contributed by atoms with Crippen molar-refractivity contribution in [3.63, 3.8) is 0 Å². The number of carboxylic acid groups (broad SMARTS) is 1. The Kier molecular flexibility index (Phi) is 8.58. The zero-order valence-corrected chi connectivity index (χ0v) is 18.8. The fourth-order valence-corrected chi connectivity index (χ4v) is 4.44. The fraction of sp³-hybridized carbons (Fsp3) is 0.217. The second-order valence-electron chi connectivity index (χ2n) is 6.71. The molecule has 0 radical (unpaired) electrons. The van der Waals surface area contributed by atoms with Crippen LogP contribution in [0.1, 0.15) is 23.4 Å². The molecule has 4 nitrogen and oxygen atoms in total. The van der Waals surface area contributed by atoms with E-state index in [9.17, 15) is 9.18 Å². The molecular formula is C23H20Cl2FNO3S. The minimum absolute atomic E-state index is 0.0474. The second-order valence-corrected chi connectivity index (χ2v) is 8.51. The predicted octanol–water partition coefficient (Wildman–Crippen LogP) is 6.46. The van der Waals surface area contributed by atoms with Gasteiger partial charge in [-0.3, -0.25) is 9.78 Å². The van der Waals surface area contributed by atoms with Crippen molar-refractivity contribution in [3.05, 3.63) is 87.4 Å². The van der Waals surface area contributed by atoms with E-state index in [-0.39, 0.29) is 18.7 Å². The number of aromatic nitrogens is 1. The molecule has 0 spiro atoms. The predicted molar refractivity (Wildman–Crippen MR) is 122 cm³/mol. The van der Waals surface area contributed by atoms with Crippen molar-refractivity contribution in [2.24, 2.45) is 0 Å². The molecule has 1 heterocycles. The molecule has 31 heavy (non-hydrogen) atoms. The van der Waals surface area contributed by atoms with Crippen molar-refractivity contribution in [3.8, 4) is 5.75 Å². The van der Waals surface area contributed by atoms with Crippen LogP contribution in [0.3, 0.4) is 0 Å².